The lowest BCUT2D eigenvalue weighted by molar-refractivity contribution is -0.136. The Morgan fingerprint density at radius 1 is 0.585 bits per heavy atom. The van der Waals surface area contributed by atoms with Crippen molar-refractivity contribution in [3.8, 4) is 0 Å². The molecule has 0 amide bonds. The van der Waals surface area contributed by atoms with Crippen LogP contribution >= 0.6 is 0 Å². The lowest BCUT2D eigenvalue weighted by Crippen LogP contribution is -2.56. The van der Waals surface area contributed by atoms with E-state index in [1.165, 1.54) is 0 Å². The zero-order valence-corrected chi connectivity index (χ0v) is 33.1. The first-order chi connectivity index (χ1) is 25.5. The van der Waals surface area contributed by atoms with Crippen LogP contribution in [-0.4, -0.2) is 41.9 Å². The van der Waals surface area contributed by atoms with Crippen LogP contribution in [0.5, 0.6) is 0 Å². The predicted molar refractivity (Wildman–Crippen MR) is 218 cm³/mol. The van der Waals surface area contributed by atoms with Crippen LogP contribution in [0.2, 0.25) is 23.9 Å². The van der Waals surface area contributed by atoms with Crippen molar-refractivity contribution < 1.29 is 23.2 Å². The molecule has 0 radical (unpaired) electrons. The van der Waals surface area contributed by atoms with E-state index in [1.54, 1.807) is 14.2 Å². The van der Waals surface area contributed by atoms with Crippen molar-refractivity contribution in [2.45, 2.75) is 74.2 Å². The molecule has 0 aliphatic carbocycles. The molecule has 0 N–H and O–H groups in total. The molecule has 1 aliphatic rings. The molecule has 1 saturated heterocycles. The standard InChI is InChI=1S/C46H53BO5Si/c1-9-40(41(35-25-15-10-16-26-35)52-53(7,8)44(2,3)4)47-50-42(45(48-5,36-27-17-11-18-28-36)37-29-19-12-20-30-37)43(51-47)46(49-6,38-31-21-13-22-32-38)39-33-23-14-24-34-39/h9-34,40-43H,1H2,2-8H3/t40-,41+,42-,43-/m1/s1. The molecule has 0 aromatic heterocycles. The summed E-state index contributed by atoms with van der Waals surface area (Å²) in [4.78, 5) is 0. The second kappa shape index (κ2) is 16.1. The molecule has 5 aromatic carbocycles. The summed E-state index contributed by atoms with van der Waals surface area (Å²) in [5.74, 6) is -0.402. The summed E-state index contributed by atoms with van der Waals surface area (Å²) in [5.41, 5.74) is 2.55. The number of rotatable bonds is 14. The third-order valence-corrected chi connectivity index (χ3v) is 15.8. The second-order valence-electron chi connectivity index (χ2n) is 15.3. The third kappa shape index (κ3) is 7.27. The highest BCUT2D eigenvalue weighted by Crippen LogP contribution is 2.53. The molecule has 274 valence electrons. The minimum absolute atomic E-state index is 0.0359. The Kier molecular flexibility index (Phi) is 11.7. The SMILES string of the molecule is C=C[C@@H](B1O[C@@H](C(OC)(c2ccccc2)c2ccccc2)[C@H](C(OC)(c2ccccc2)c2ccccc2)O1)[C@@H](O[Si](C)(C)C(C)(C)C)c1ccccc1. The minimum Gasteiger partial charge on any atom is -0.410 e. The number of hydrogen-bond acceptors (Lipinski definition) is 5. The van der Waals surface area contributed by atoms with E-state index in [1.807, 2.05) is 84.9 Å². The molecule has 5 nitrogen and oxygen atoms in total. The summed E-state index contributed by atoms with van der Waals surface area (Å²) in [6, 6.07) is 51.6. The highest BCUT2D eigenvalue weighted by atomic mass is 28.4. The van der Waals surface area contributed by atoms with Gasteiger partial charge in [0.05, 0.1) is 6.10 Å². The van der Waals surface area contributed by atoms with Crippen molar-refractivity contribution >= 4 is 15.4 Å². The van der Waals surface area contributed by atoms with Gasteiger partial charge in [-0.1, -0.05) is 179 Å². The van der Waals surface area contributed by atoms with Crippen molar-refractivity contribution in [3.63, 3.8) is 0 Å². The fraction of sp³-hybridized carbons (Fsp3) is 0.304. The van der Waals surface area contributed by atoms with Gasteiger partial charge in [-0.05, 0) is 45.9 Å². The van der Waals surface area contributed by atoms with Gasteiger partial charge in [0.2, 0.25) is 0 Å². The number of methoxy groups -OCH3 is 2. The maximum atomic E-state index is 7.48. The Morgan fingerprint density at radius 2 is 0.906 bits per heavy atom. The lowest BCUT2D eigenvalue weighted by Gasteiger charge is -2.47. The number of ether oxygens (including phenoxy) is 2. The normalized spacial score (nSPS) is 18.1. The van der Waals surface area contributed by atoms with Gasteiger partial charge in [0.15, 0.2) is 8.32 Å². The summed E-state index contributed by atoms with van der Waals surface area (Å²) < 4.78 is 36.0. The lowest BCUT2D eigenvalue weighted by atomic mass is 9.67. The quantitative estimate of drug-likeness (QED) is 0.0843. The largest absolute Gasteiger partial charge is 0.468 e. The number of hydrogen-bond donors (Lipinski definition) is 0. The summed E-state index contributed by atoms with van der Waals surface area (Å²) >= 11 is 0. The van der Waals surface area contributed by atoms with Crippen LogP contribution in [0, 0.1) is 0 Å². The molecular formula is C46H53BO5Si. The van der Waals surface area contributed by atoms with Crippen LogP contribution in [0.3, 0.4) is 0 Å². The third-order valence-electron chi connectivity index (χ3n) is 11.4. The molecule has 0 bridgehead atoms. The van der Waals surface area contributed by atoms with Gasteiger partial charge < -0.3 is 23.2 Å². The van der Waals surface area contributed by atoms with Crippen LogP contribution in [0.4, 0.5) is 0 Å². The number of benzene rings is 5. The van der Waals surface area contributed by atoms with Crippen LogP contribution in [0.15, 0.2) is 164 Å². The first-order valence-corrected chi connectivity index (χ1v) is 21.4. The van der Waals surface area contributed by atoms with Crippen LogP contribution in [0.25, 0.3) is 0 Å². The topological polar surface area (TPSA) is 46.2 Å². The molecular weight excluding hydrogens is 671 g/mol. The van der Waals surface area contributed by atoms with Gasteiger partial charge >= 0.3 is 7.12 Å². The van der Waals surface area contributed by atoms with E-state index >= 15 is 0 Å². The molecule has 0 unspecified atom stereocenters. The van der Waals surface area contributed by atoms with E-state index in [0.29, 0.717) is 0 Å². The fourth-order valence-electron chi connectivity index (χ4n) is 7.58. The first-order valence-electron chi connectivity index (χ1n) is 18.5. The van der Waals surface area contributed by atoms with Gasteiger partial charge in [0.1, 0.15) is 23.4 Å². The fourth-order valence-corrected chi connectivity index (χ4v) is 8.87. The van der Waals surface area contributed by atoms with Gasteiger partial charge in [-0.25, -0.2) is 0 Å². The Labute approximate surface area is 318 Å². The molecule has 5 aromatic rings. The summed E-state index contributed by atoms with van der Waals surface area (Å²) in [6.45, 7) is 15.8. The maximum Gasteiger partial charge on any atom is 0.468 e. The van der Waals surface area contributed by atoms with Crippen LogP contribution in [0.1, 0.15) is 54.7 Å². The Balaban J connectivity index is 1.62. The molecule has 7 heteroatoms. The average molecular weight is 725 g/mol. The zero-order chi connectivity index (χ0) is 37.7. The molecule has 0 saturated carbocycles. The van der Waals surface area contributed by atoms with Crippen molar-refractivity contribution in [1.82, 2.24) is 0 Å². The predicted octanol–water partition coefficient (Wildman–Crippen LogP) is 10.8. The smallest absolute Gasteiger partial charge is 0.410 e. The molecule has 4 atom stereocenters. The van der Waals surface area contributed by atoms with E-state index in [4.69, 9.17) is 23.2 Å². The molecule has 6 rings (SSSR count). The van der Waals surface area contributed by atoms with Gasteiger partial charge in [-0.15, -0.1) is 6.58 Å². The molecule has 1 fully saturated rings. The molecule has 1 heterocycles. The van der Waals surface area contributed by atoms with Crippen LogP contribution in [-0.2, 0) is 34.4 Å². The van der Waals surface area contributed by atoms with Gasteiger partial charge in [-0.3, -0.25) is 0 Å². The van der Waals surface area contributed by atoms with E-state index in [2.05, 4.69) is 113 Å². The monoisotopic (exact) mass is 724 g/mol. The average Bonchev–Trinajstić information content (AvgIpc) is 3.63. The minimum atomic E-state index is -2.32. The van der Waals surface area contributed by atoms with E-state index in [0.717, 1.165) is 27.8 Å². The van der Waals surface area contributed by atoms with Crippen molar-refractivity contribution in [2.24, 2.45) is 0 Å². The van der Waals surface area contributed by atoms with E-state index in [9.17, 15) is 0 Å². The second-order valence-corrected chi connectivity index (χ2v) is 20.1. The highest BCUT2D eigenvalue weighted by molar-refractivity contribution is 6.74. The maximum absolute atomic E-state index is 7.48. The summed E-state index contributed by atoms with van der Waals surface area (Å²) in [5, 5.41) is -0.0359. The first kappa shape index (κ1) is 38.6. The molecule has 1 aliphatic heterocycles. The highest BCUT2D eigenvalue weighted by Gasteiger charge is 2.63. The van der Waals surface area contributed by atoms with Crippen molar-refractivity contribution in [1.29, 1.82) is 0 Å². The Bertz CT molecular complexity index is 1710. The molecule has 53 heavy (non-hydrogen) atoms. The van der Waals surface area contributed by atoms with Crippen molar-refractivity contribution in [2.75, 3.05) is 14.2 Å². The summed E-state index contributed by atoms with van der Waals surface area (Å²) in [6.07, 6.45) is 0.0899. The molecule has 0 spiro atoms. The van der Waals surface area contributed by atoms with E-state index in [-0.39, 0.29) is 5.04 Å². The van der Waals surface area contributed by atoms with Gasteiger partial charge in [0.25, 0.3) is 0 Å². The summed E-state index contributed by atoms with van der Waals surface area (Å²) in [7, 11) is 0.400. The van der Waals surface area contributed by atoms with Gasteiger partial charge in [-0.2, -0.15) is 0 Å². The Morgan fingerprint density at radius 3 is 1.19 bits per heavy atom. The van der Waals surface area contributed by atoms with Gasteiger partial charge in [0, 0.05) is 20.0 Å². The zero-order valence-electron chi connectivity index (χ0n) is 32.1. The van der Waals surface area contributed by atoms with E-state index < -0.39 is 50.8 Å². The van der Waals surface area contributed by atoms with Crippen molar-refractivity contribution in [3.05, 3.63) is 192 Å². The van der Waals surface area contributed by atoms with Crippen LogP contribution < -0.4 is 0 Å². The Hall–Kier alpha value is -4.08.